The van der Waals surface area contributed by atoms with Gasteiger partial charge in [0.2, 0.25) is 0 Å². The maximum absolute atomic E-state index is 9.69. The number of hydrogen-bond donors (Lipinski definition) is 1. The molecule has 0 unspecified atom stereocenters. The molecule has 0 spiro atoms. The smallest absolute Gasteiger partial charge is 0.121 e. The number of phenols is 1. The van der Waals surface area contributed by atoms with E-state index in [-0.39, 0.29) is 32.7 Å². The average Bonchev–Trinajstić information content (AvgIpc) is 2.08. The fourth-order valence-corrected chi connectivity index (χ4v) is 1.48. The van der Waals surface area contributed by atoms with Crippen LogP contribution in [0.1, 0.15) is 27.8 Å². The molecule has 0 heterocycles. The molecule has 1 aromatic rings. The maximum atomic E-state index is 9.69. The van der Waals surface area contributed by atoms with Gasteiger partial charge in [-0.15, -0.1) is 0 Å². The molecule has 1 nitrogen and oxygen atoms in total. The van der Waals surface area contributed by atoms with E-state index in [4.69, 9.17) is 0 Å². The van der Waals surface area contributed by atoms with E-state index in [1.165, 1.54) is 16.7 Å². The van der Waals surface area contributed by atoms with Crippen LogP contribution in [0.4, 0.5) is 0 Å². The molecule has 1 rings (SSSR count). The zero-order valence-electron chi connectivity index (χ0n) is 9.02. The summed E-state index contributed by atoms with van der Waals surface area (Å²) in [7, 11) is 0. The minimum absolute atomic E-state index is 0. The van der Waals surface area contributed by atoms with Gasteiger partial charge >= 0.3 is 0 Å². The molecule has 1 N–H and O–H groups in total. The molecule has 0 aromatic heterocycles. The largest absolute Gasteiger partial charge is 0.507 e. The Morgan fingerprint density at radius 2 is 0.846 bits per heavy atom. The van der Waals surface area contributed by atoms with Crippen LogP contribution >= 0.6 is 0 Å². The molecule has 1 radical (unpaired) electrons. The first-order valence-electron chi connectivity index (χ1n) is 4.22. The van der Waals surface area contributed by atoms with Crippen molar-refractivity contribution in [1.29, 1.82) is 0 Å². The van der Waals surface area contributed by atoms with E-state index in [2.05, 4.69) is 20.8 Å². The van der Waals surface area contributed by atoms with Gasteiger partial charge in [-0.2, -0.15) is 0 Å². The molecule has 69 valence electrons. The van der Waals surface area contributed by atoms with E-state index < -0.39 is 0 Å². The molecule has 0 aliphatic heterocycles. The second-order valence-corrected chi connectivity index (χ2v) is 3.47. The normalized spacial score (nSPS) is 9.62. The predicted molar refractivity (Wildman–Crippen MR) is 51.8 cm³/mol. The van der Waals surface area contributed by atoms with Crippen molar-refractivity contribution in [3.63, 3.8) is 0 Å². The van der Waals surface area contributed by atoms with Crippen molar-refractivity contribution in [2.24, 2.45) is 0 Å². The first kappa shape index (κ1) is 13.1. The molecule has 0 aliphatic rings. The van der Waals surface area contributed by atoms with Gasteiger partial charge in [-0.05, 0) is 62.4 Å². The van der Waals surface area contributed by atoms with Gasteiger partial charge in [-0.25, -0.2) is 0 Å². The third kappa shape index (κ3) is 2.14. The summed E-state index contributed by atoms with van der Waals surface area (Å²) in [5, 5.41) is 9.69. The van der Waals surface area contributed by atoms with Gasteiger partial charge in [0.1, 0.15) is 5.75 Å². The Kier molecular flexibility index (Phi) is 4.61. The molecule has 0 atom stereocenters. The zero-order valence-corrected chi connectivity index (χ0v) is 11.9. The quantitative estimate of drug-likeness (QED) is 0.753. The number of phenolic OH excluding ortho intramolecular Hbond substituents is 1. The molecule has 0 bridgehead atoms. The molecule has 0 amide bonds. The Morgan fingerprint density at radius 1 is 0.615 bits per heavy atom. The first-order valence-corrected chi connectivity index (χ1v) is 4.22. The summed E-state index contributed by atoms with van der Waals surface area (Å²) in [6.45, 7) is 10.1. The van der Waals surface area contributed by atoms with E-state index in [0.717, 1.165) is 11.1 Å². The predicted octanol–water partition coefficient (Wildman–Crippen LogP) is 2.93. The number of rotatable bonds is 0. The summed E-state index contributed by atoms with van der Waals surface area (Å²) in [5.74, 6) is 0.454. The second kappa shape index (κ2) is 4.57. The van der Waals surface area contributed by atoms with Gasteiger partial charge in [-0.1, -0.05) is 0 Å². The van der Waals surface area contributed by atoms with Crippen molar-refractivity contribution < 1.29 is 37.8 Å². The van der Waals surface area contributed by atoms with Crippen LogP contribution in [-0.4, -0.2) is 5.11 Å². The van der Waals surface area contributed by atoms with Crippen LogP contribution in [0.15, 0.2) is 0 Å². The van der Waals surface area contributed by atoms with Crippen LogP contribution in [0.25, 0.3) is 0 Å². The van der Waals surface area contributed by atoms with Crippen LogP contribution in [0.2, 0.25) is 0 Å². The van der Waals surface area contributed by atoms with Crippen LogP contribution in [-0.2, 0) is 32.7 Å². The minimum atomic E-state index is 0. The molecule has 0 aliphatic carbocycles. The van der Waals surface area contributed by atoms with E-state index in [1.807, 2.05) is 13.8 Å². The number of aromatic hydroxyl groups is 1. The van der Waals surface area contributed by atoms with Crippen molar-refractivity contribution in [3.8, 4) is 5.75 Å². The molecule has 0 fully saturated rings. The summed E-state index contributed by atoms with van der Waals surface area (Å²) in [5.41, 5.74) is 5.72. The van der Waals surface area contributed by atoms with E-state index in [9.17, 15) is 5.11 Å². The fraction of sp³-hybridized carbons (Fsp3) is 0.455. The SMILES string of the molecule is Cc1c(C)c(C)c(O)c(C)c1C.[Y]. The molecule has 0 saturated heterocycles. The van der Waals surface area contributed by atoms with Crippen molar-refractivity contribution in [2.75, 3.05) is 0 Å². The van der Waals surface area contributed by atoms with E-state index >= 15 is 0 Å². The Morgan fingerprint density at radius 3 is 1.15 bits per heavy atom. The Hall–Kier alpha value is 0.124. The maximum Gasteiger partial charge on any atom is 0.121 e. The van der Waals surface area contributed by atoms with Gasteiger partial charge in [0.25, 0.3) is 0 Å². The summed E-state index contributed by atoms with van der Waals surface area (Å²) < 4.78 is 0. The van der Waals surface area contributed by atoms with Crippen LogP contribution in [0, 0.1) is 34.6 Å². The van der Waals surface area contributed by atoms with Crippen molar-refractivity contribution in [3.05, 3.63) is 27.8 Å². The standard InChI is InChI=1S/C11H16O.Y/c1-6-7(2)9(4)11(12)10(5)8(6)3;/h12H,1-5H3;. The van der Waals surface area contributed by atoms with Crippen molar-refractivity contribution >= 4 is 0 Å². The van der Waals surface area contributed by atoms with Crippen molar-refractivity contribution in [1.82, 2.24) is 0 Å². The Labute approximate surface area is 105 Å². The van der Waals surface area contributed by atoms with Crippen LogP contribution in [0.5, 0.6) is 5.75 Å². The second-order valence-electron chi connectivity index (χ2n) is 3.47. The van der Waals surface area contributed by atoms with E-state index in [1.54, 1.807) is 0 Å². The third-order valence-corrected chi connectivity index (χ3v) is 2.96. The number of benzene rings is 1. The average molecular weight is 253 g/mol. The summed E-state index contributed by atoms with van der Waals surface area (Å²) in [6.07, 6.45) is 0. The Balaban J connectivity index is 0.00000144. The van der Waals surface area contributed by atoms with Gasteiger partial charge in [-0.3, -0.25) is 0 Å². The summed E-state index contributed by atoms with van der Waals surface area (Å²) >= 11 is 0. The van der Waals surface area contributed by atoms with Gasteiger partial charge in [0, 0.05) is 32.7 Å². The Bertz CT molecular complexity index is 224. The third-order valence-electron chi connectivity index (χ3n) is 2.96. The van der Waals surface area contributed by atoms with Crippen LogP contribution in [0.3, 0.4) is 0 Å². The zero-order chi connectivity index (χ0) is 9.46. The molecule has 1 aromatic carbocycles. The van der Waals surface area contributed by atoms with E-state index in [0.29, 0.717) is 5.75 Å². The van der Waals surface area contributed by atoms with Gasteiger partial charge < -0.3 is 5.11 Å². The van der Waals surface area contributed by atoms with Gasteiger partial charge in [0.05, 0.1) is 0 Å². The summed E-state index contributed by atoms with van der Waals surface area (Å²) in [6, 6.07) is 0. The van der Waals surface area contributed by atoms with Crippen molar-refractivity contribution in [2.45, 2.75) is 34.6 Å². The first-order chi connectivity index (χ1) is 5.46. The minimum Gasteiger partial charge on any atom is -0.507 e. The fourth-order valence-electron chi connectivity index (χ4n) is 1.48. The monoisotopic (exact) mass is 253 g/mol. The molecular weight excluding hydrogens is 237 g/mol. The molecule has 13 heavy (non-hydrogen) atoms. The number of hydrogen-bond acceptors (Lipinski definition) is 1. The topological polar surface area (TPSA) is 20.2 Å². The molecular formula is C11H16OY. The molecule has 2 heteroatoms. The molecule has 0 saturated carbocycles. The van der Waals surface area contributed by atoms with Gasteiger partial charge in [0.15, 0.2) is 0 Å². The van der Waals surface area contributed by atoms with Crippen LogP contribution < -0.4 is 0 Å². The summed E-state index contributed by atoms with van der Waals surface area (Å²) in [4.78, 5) is 0.